The number of hydrogen-bond acceptors (Lipinski definition) is 4. The molecule has 0 radical (unpaired) electrons. The van der Waals surface area contributed by atoms with Gasteiger partial charge in [-0.3, -0.25) is 20.4 Å². The molecule has 2 aromatic carbocycles. The molecule has 0 aliphatic heterocycles. The van der Waals surface area contributed by atoms with Crippen LogP contribution in [0.5, 0.6) is 5.75 Å². The van der Waals surface area contributed by atoms with Crippen LogP contribution < -0.4 is 15.6 Å². The van der Waals surface area contributed by atoms with Crippen molar-refractivity contribution >= 4 is 11.8 Å². The first-order valence-corrected chi connectivity index (χ1v) is 9.78. The molecule has 2 amide bonds. The summed E-state index contributed by atoms with van der Waals surface area (Å²) in [5.41, 5.74) is 9.06. The van der Waals surface area contributed by atoms with Gasteiger partial charge < -0.3 is 4.74 Å². The molecule has 0 saturated heterocycles. The summed E-state index contributed by atoms with van der Waals surface area (Å²) in [7, 11) is 0. The number of carbonyl (C=O) groups excluding carboxylic acids is 2. The molecule has 0 aliphatic rings. The molecule has 3 aromatic rings. The second kappa shape index (κ2) is 9.26. The third-order valence-electron chi connectivity index (χ3n) is 4.55. The maximum absolute atomic E-state index is 12.7. The number of hydrogen-bond donors (Lipinski definition) is 2. The second-order valence-electron chi connectivity index (χ2n) is 7.45. The first-order valence-electron chi connectivity index (χ1n) is 9.78. The van der Waals surface area contributed by atoms with Gasteiger partial charge in [-0.15, -0.1) is 0 Å². The minimum Gasteiger partial charge on any atom is -0.484 e. The van der Waals surface area contributed by atoms with Crippen LogP contribution in [0.15, 0.2) is 54.7 Å². The van der Waals surface area contributed by atoms with E-state index >= 15 is 0 Å². The lowest BCUT2D eigenvalue weighted by atomic mass is 10.1. The van der Waals surface area contributed by atoms with E-state index in [2.05, 4.69) is 16.0 Å². The smallest absolute Gasteiger partial charge is 0.276 e. The minimum absolute atomic E-state index is 0.0508. The average molecular weight is 406 g/mol. The van der Waals surface area contributed by atoms with Gasteiger partial charge >= 0.3 is 0 Å². The molecule has 0 aliphatic carbocycles. The number of nitrogens with zero attached hydrogens (tertiary/aromatic N) is 2. The molecule has 0 fully saturated rings. The Morgan fingerprint density at radius 1 is 1.03 bits per heavy atom. The highest BCUT2D eigenvalue weighted by atomic mass is 16.5. The van der Waals surface area contributed by atoms with E-state index < -0.39 is 11.8 Å². The van der Waals surface area contributed by atoms with Crippen LogP contribution in [0.3, 0.4) is 0 Å². The molecule has 3 rings (SSSR count). The Balaban J connectivity index is 1.65. The Morgan fingerprint density at radius 2 is 1.77 bits per heavy atom. The summed E-state index contributed by atoms with van der Waals surface area (Å²) in [6.45, 7) is 7.74. The predicted molar refractivity (Wildman–Crippen MR) is 115 cm³/mol. The molecule has 0 unspecified atom stereocenters. The summed E-state index contributed by atoms with van der Waals surface area (Å²) >= 11 is 0. The lowest BCUT2D eigenvalue weighted by Gasteiger charge is -2.13. The summed E-state index contributed by atoms with van der Waals surface area (Å²) in [5.74, 6) is -0.240. The number of hydrazine groups is 1. The summed E-state index contributed by atoms with van der Waals surface area (Å²) in [4.78, 5) is 24.7. The lowest BCUT2D eigenvalue weighted by molar-refractivity contribution is -0.123. The van der Waals surface area contributed by atoms with Crippen molar-refractivity contribution in [1.29, 1.82) is 0 Å². The molecule has 0 spiro atoms. The van der Waals surface area contributed by atoms with Gasteiger partial charge in [0.25, 0.3) is 11.8 Å². The topological polar surface area (TPSA) is 85.3 Å². The van der Waals surface area contributed by atoms with Gasteiger partial charge in [-0.05, 0) is 49.6 Å². The zero-order valence-corrected chi connectivity index (χ0v) is 17.6. The monoisotopic (exact) mass is 406 g/mol. The molecule has 0 atom stereocenters. The highest BCUT2D eigenvalue weighted by molar-refractivity contribution is 5.96. The molecule has 30 heavy (non-hydrogen) atoms. The Bertz CT molecular complexity index is 1040. The Hall–Kier alpha value is -3.61. The van der Waals surface area contributed by atoms with E-state index in [1.54, 1.807) is 10.7 Å². The van der Waals surface area contributed by atoms with Crippen molar-refractivity contribution in [3.05, 3.63) is 77.1 Å². The first-order chi connectivity index (χ1) is 14.3. The van der Waals surface area contributed by atoms with Gasteiger partial charge in [0.05, 0.1) is 23.1 Å². The number of aryl methyl sites for hydroxylation is 2. The number of amides is 2. The van der Waals surface area contributed by atoms with E-state index in [-0.39, 0.29) is 12.5 Å². The van der Waals surface area contributed by atoms with Gasteiger partial charge in [-0.25, -0.2) is 4.68 Å². The standard InChI is InChI=1S/C23H26N4O3/c1-15(2)22-20(13-24-27(22)18-10-8-16(3)9-11-18)23(29)26-25-21(28)14-30-19-7-5-6-17(4)12-19/h5-13,15H,14H2,1-4H3,(H,25,28)(H,26,29). The maximum Gasteiger partial charge on any atom is 0.276 e. The molecule has 0 bridgehead atoms. The molecular weight excluding hydrogens is 380 g/mol. The highest BCUT2D eigenvalue weighted by Crippen LogP contribution is 2.23. The lowest BCUT2D eigenvalue weighted by Crippen LogP contribution is -2.44. The predicted octanol–water partition coefficient (Wildman–Crippen LogP) is 3.45. The van der Waals surface area contributed by atoms with E-state index in [4.69, 9.17) is 4.74 Å². The van der Waals surface area contributed by atoms with E-state index in [0.717, 1.165) is 22.5 Å². The number of carbonyl (C=O) groups is 2. The average Bonchev–Trinajstić information content (AvgIpc) is 3.16. The van der Waals surface area contributed by atoms with Crippen molar-refractivity contribution in [3.8, 4) is 11.4 Å². The van der Waals surface area contributed by atoms with E-state index in [0.29, 0.717) is 11.3 Å². The van der Waals surface area contributed by atoms with Gasteiger partial charge in [-0.2, -0.15) is 5.10 Å². The zero-order chi connectivity index (χ0) is 21.7. The van der Waals surface area contributed by atoms with Gasteiger partial charge in [-0.1, -0.05) is 43.7 Å². The van der Waals surface area contributed by atoms with Crippen molar-refractivity contribution in [2.75, 3.05) is 6.61 Å². The van der Waals surface area contributed by atoms with Gasteiger partial charge in [0.15, 0.2) is 6.61 Å². The molecule has 0 saturated carbocycles. The van der Waals surface area contributed by atoms with Crippen LogP contribution in [0.4, 0.5) is 0 Å². The number of ether oxygens (including phenoxy) is 1. The number of benzene rings is 2. The van der Waals surface area contributed by atoms with Crippen LogP contribution in [-0.2, 0) is 4.79 Å². The van der Waals surface area contributed by atoms with Crippen molar-refractivity contribution in [2.24, 2.45) is 0 Å². The molecule has 1 heterocycles. The number of rotatable bonds is 6. The Labute approximate surface area is 176 Å². The van der Waals surface area contributed by atoms with Crippen LogP contribution in [0, 0.1) is 13.8 Å². The molecule has 7 nitrogen and oxygen atoms in total. The van der Waals surface area contributed by atoms with Crippen molar-refractivity contribution < 1.29 is 14.3 Å². The summed E-state index contributed by atoms with van der Waals surface area (Å²) in [5, 5.41) is 4.39. The summed E-state index contributed by atoms with van der Waals surface area (Å²) in [6.07, 6.45) is 1.51. The molecule has 2 N–H and O–H groups in total. The maximum atomic E-state index is 12.7. The molecule has 156 valence electrons. The minimum atomic E-state index is -0.457. The summed E-state index contributed by atoms with van der Waals surface area (Å²) in [6, 6.07) is 15.3. The van der Waals surface area contributed by atoms with Gasteiger partial charge in [0, 0.05) is 0 Å². The van der Waals surface area contributed by atoms with Crippen LogP contribution in [0.25, 0.3) is 5.69 Å². The fourth-order valence-electron chi connectivity index (χ4n) is 3.06. The zero-order valence-electron chi connectivity index (χ0n) is 17.6. The molecular formula is C23H26N4O3. The van der Waals surface area contributed by atoms with Crippen LogP contribution in [0.2, 0.25) is 0 Å². The van der Waals surface area contributed by atoms with Crippen molar-refractivity contribution in [3.63, 3.8) is 0 Å². The van der Waals surface area contributed by atoms with E-state index in [9.17, 15) is 9.59 Å². The fourth-order valence-corrected chi connectivity index (χ4v) is 3.06. The summed E-state index contributed by atoms with van der Waals surface area (Å²) < 4.78 is 7.19. The van der Waals surface area contributed by atoms with Crippen molar-refractivity contribution in [2.45, 2.75) is 33.6 Å². The van der Waals surface area contributed by atoms with Crippen LogP contribution >= 0.6 is 0 Å². The number of nitrogens with one attached hydrogen (secondary N) is 2. The molecule has 7 heteroatoms. The third-order valence-corrected chi connectivity index (χ3v) is 4.55. The van der Waals surface area contributed by atoms with E-state index in [1.807, 2.05) is 70.2 Å². The first kappa shape index (κ1) is 21.1. The van der Waals surface area contributed by atoms with E-state index in [1.165, 1.54) is 6.20 Å². The quantitative estimate of drug-likeness (QED) is 0.614. The Kier molecular flexibility index (Phi) is 6.51. The molecule has 1 aromatic heterocycles. The van der Waals surface area contributed by atoms with Gasteiger partial charge in [0.2, 0.25) is 0 Å². The van der Waals surface area contributed by atoms with Gasteiger partial charge in [0.1, 0.15) is 5.75 Å². The highest BCUT2D eigenvalue weighted by Gasteiger charge is 2.21. The Morgan fingerprint density at radius 3 is 2.43 bits per heavy atom. The second-order valence-corrected chi connectivity index (χ2v) is 7.45. The van der Waals surface area contributed by atoms with Crippen LogP contribution in [-0.4, -0.2) is 28.2 Å². The SMILES string of the molecule is Cc1ccc(-n2ncc(C(=O)NNC(=O)COc3cccc(C)c3)c2C(C)C)cc1. The van der Waals surface area contributed by atoms with Crippen molar-refractivity contribution in [1.82, 2.24) is 20.6 Å². The van der Waals surface area contributed by atoms with Crippen LogP contribution in [0.1, 0.15) is 46.9 Å². The third kappa shape index (κ3) is 5.05. The largest absolute Gasteiger partial charge is 0.484 e. The normalized spacial score (nSPS) is 10.7. The fraction of sp³-hybridized carbons (Fsp3) is 0.261. The number of aromatic nitrogens is 2.